The first-order valence-corrected chi connectivity index (χ1v) is 8.54. The van der Waals surface area contributed by atoms with E-state index in [9.17, 15) is 4.79 Å². The fraction of sp³-hybridized carbons (Fsp3) is 0.647. The van der Waals surface area contributed by atoms with Crippen molar-refractivity contribution >= 4 is 11.7 Å². The molecule has 0 radical (unpaired) electrons. The maximum Gasteiger partial charge on any atom is 0.240 e. The number of hydrogen-bond acceptors (Lipinski definition) is 5. The monoisotopic (exact) mass is 318 g/mol. The lowest BCUT2D eigenvalue weighted by molar-refractivity contribution is -0.127. The molecule has 0 saturated carbocycles. The summed E-state index contributed by atoms with van der Waals surface area (Å²) in [5.41, 5.74) is 0.654. The molecule has 1 unspecified atom stereocenters. The first-order valence-electron chi connectivity index (χ1n) is 8.54. The second-order valence-electron chi connectivity index (χ2n) is 6.27. The predicted octanol–water partition coefficient (Wildman–Crippen LogP) is 1.07. The fourth-order valence-corrected chi connectivity index (χ4v) is 3.31. The van der Waals surface area contributed by atoms with Crippen LogP contribution in [0.5, 0.6) is 0 Å². The minimum absolute atomic E-state index is 0.106. The van der Waals surface area contributed by atoms with Gasteiger partial charge in [0.05, 0.1) is 18.8 Å². The van der Waals surface area contributed by atoms with Crippen molar-refractivity contribution in [2.24, 2.45) is 0 Å². The van der Waals surface area contributed by atoms with Gasteiger partial charge in [0.25, 0.3) is 0 Å². The van der Waals surface area contributed by atoms with Crippen LogP contribution < -0.4 is 15.5 Å². The first kappa shape index (κ1) is 16.2. The van der Waals surface area contributed by atoms with Crippen molar-refractivity contribution in [1.29, 1.82) is 0 Å². The molecule has 0 bridgehead atoms. The number of anilines is 1. The van der Waals surface area contributed by atoms with Gasteiger partial charge in [0, 0.05) is 25.8 Å². The zero-order valence-corrected chi connectivity index (χ0v) is 13.8. The van der Waals surface area contributed by atoms with Gasteiger partial charge >= 0.3 is 0 Å². The highest BCUT2D eigenvalue weighted by molar-refractivity contribution is 5.86. The Morgan fingerprint density at radius 3 is 2.87 bits per heavy atom. The fourth-order valence-electron chi connectivity index (χ4n) is 3.31. The Morgan fingerprint density at radius 2 is 2.26 bits per heavy atom. The van der Waals surface area contributed by atoms with Crippen LogP contribution in [0.3, 0.4) is 0 Å². The molecule has 6 heteroatoms. The van der Waals surface area contributed by atoms with Crippen LogP contribution in [0.1, 0.15) is 31.7 Å². The molecule has 0 aromatic carbocycles. The quantitative estimate of drug-likeness (QED) is 0.850. The van der Waals surface area contributed by atoms with E-state index >= 15 is 0 Å². The molecule has 2 fully saturated rings. The standard InChI is InChI=1S/C17H26N4O2/c1-2-17(6-3-7-20-17)16(22)19-13-14-4-5-15(18-12-14)21-8-10-23-11-9-21/h4-5,12,20H,2-3,6-11,13H2,1H3,(H,19,22). The highest BCUT2D eigenvalue weighted by Gasteiger charge is 2.38. The van der Waals surface area contributed by atoms with E-state index in [-0.39, 0.29) is 11.4 Å². The highest BCUT2D eigenvalue weighted by atomic mass is 16.5. The van der Waals surface area contributed by atoms with Crippen molar-refractivity contribution in [3.8, 4) is 0 Å². The van der Waals surface area contributed by atoms with Crippen molar-refractivity contribution in [1.82, 2.24) is 15.6 Å². The van der Waals surface area contributed by atoms with Crippen molar-refractivity contribution in [2.45, 2.75) is 38.3 Å². The third-order valence-corrected chi connectivity index (χ3v) is 4.88. The molecule has 0 spiro atoms. The van der Waals surface area contributed by atoms with Crippen molar-refractivity contribution < 1.29 is 9.53 Å². The average Bonchev–Trinajstić information content (AvgIpc) is 3.11. The normalized spacial score (nSPS) is 24.7. The highest BCUT2D eigenvalue weighted by Crippen LogP contribution is 2.23. The van der Waals surface area contributed by atoms with Crippen molar-refractivity contribution in [3.05, 3.63) is 23.9 Å². The molecular weight excluding hydrogens is 292 g/mol. The minimum atomic E-state index is -0.374. The van der Waals surface area contributed by atoms with Crippen LogP contribution in [0.2, 0.25) is 0 Å². The molecule has 2 saturated heterocycles. The number of hydrogen-bond donors (Lipinski definition) is 2. The molecular formula is C17H26N4O2. The number of nitrogens with one attached hydrogen (secondary N) is 2. The van der Waals surface area contributed by atoms with Crippen LogP contribution in [0.15, 0.2) is 18.3 Å². The van der Waals surface area contributed by atoms with E-state index in [2.05, 4.69) is 27.4 Å². The van der Waals surface area contributed by atoms with Crippen LogP contribution in [-0.2, 0) is 16.1 Å². The maximum absolute atomic E-state index is 12.5. The van der Waals surface area contributed by atoms with Crippen LogP contribution in [0, 0.1) is 0 Å². The number of carbonyl (C=O) groups is 1. The summed E-state index contributed by atoms with van der Waals surface area (Å²) in [5, 5.41) is 6.42. The Kier molecular flexibility index (Phi) is 5.13. The van der Waals surface area contributed by atoms with Gasteiger partial charge in [-0.05, 0) is 37.4 Å². The SMILES string of the molecule is CCC1(C(=O)NCc2ccc(N3CCOCC3)nc2)CCCN1. The number of ether oxygens (including phenoxy) is 1. The average molecular weight is 318 g/mol. The number of carbonyl (C=O) groups excluding carboxylic acids is 1. The Bertz CT molecular complexity index is 520. The Balaban J connectivity index is 1.55. The zero-order chi connectivity index (χ0) is 16.1. The van der Waals surface area contributed by atoms with E-state index in [1.165, 1.54) is 0 Å². The van der Waals surface area contributed by atoms with Gasteiger partial charge in [-0.3, -0.25) is 4.79 Å². The predicted molar refractivity (Wildman–Crippen MR) is 89.4 cm³/mol. The van der Waals surface area contributed by atoms with Crippen LogP contribution >= 0.6 is 0 Å². The number of amides is 1. The summed E-state index contributed by atoms with van der Waals surface area (Å²) in [6.07, 6.45) is 4.67. The summed E-state index contributed by atoms with van der Waals surface area (Å²) in [6.45, 7) is 6.80. The minimum Gasteiger partial charge on any atom is -0.378 e. The molecule has 2 aliphatic rings. The van der Waals surface area contributed by atoms with Crippen LogP contribution in [0.25, 0.3) is 0 Å². The number of aromatic nitrogens is 1. The molecule has 3 heterocycles. The third kappa shape index (κ3) is 3.64. The summed E-state index contributed by atoms with van der Waals surface area (Å²) in [4.78, 5) is 19.2. The van der Waals surface area contributed by atoms with Gasteiger partial charge in [0.1, 0.15) is 5.82 Å². The van der Waals surface area contributed by atoms with E-state index in [4.69, 9.17) is 4.74 Å². The van der Waals surface area contributed by atoms with E-state index in [0.717, 1.165) is 63.5 Å². The summed E-state index contributed by atoms with van der Waals surface area (Å²) in [5.74, 6) is 1.08. The zero-order valence-electron chi connectivity index (χ0n) is 13.8. The van der Waals surface area contributed by atoms with Gasteiger partial charge in [-0.2, -0.15) is 0 Å². The smallest absolute Gasteiger partial charge is 0.240 e. The number of morpholine rings is 1. The Labute approximate surface area is 137 Å². The van der Waals surface area contributed by atoms with Crippen LogP contribution in [-0.4, -0.2) is 49.3 Å². The summed E-state index contributed by atoms with van der Waals surface area (Å²) in [6, 6.07) is 4.06. The first-order chi connectivity index (χ1) is 11.2. The third-order valence-electron chi connectivity index (χ3n) is 4.88. The second-order valence-corrected chi connectivity index (χ2v) is 6.27. The lowest BCUT2D eigenvalue weighted by Crippen LogP contribution is -2.52. The Hall–Kier alpha value is -1.66. The molecule has 0 aliphatic carbocycles. The molecule has 1 aromatic rings. The molecule has 2 aliphatic heterocycles. The molecule has 3 rings (SSSR count). The number of pyridine rings is 1. The van der Waals surface area contributed by atoms with Gasteiger partial charge in [-0.25, -0.2) is 4.98 Å². The lowest BCUT2D eigenvalue weighted by Gasteiger charge is -2.28. The molecule has 1 atom stereocenters. The topological polar surface area (TPSA) is 66.5 Å². The van der Waals surface area contributed by atoms with Crippen molar-refractivity contribution in [3.63, 3.8) is 0 Å². The maximum atomic E-state index is 12.5. The van der Waals surface area contributed by atoms with E-state index < -0.39 is 0 Å². The van der Waals surface area contributed by atoms with Gasteiger partial charge < -0.3 is 20.3 Å². The Morgan fingerprint density at radius 1 is 1.43 bits per heavy atom. The van der Waals surface area contributed by atoms with Gasteiger partial charge in [-0.15, -0.1) is 0 Å². The molecule has 1 amide bonds. The number of nitrogens with zero attached hydrogens (tertiary/aromatic N) is 2. The van der Waals surface area contributed by atoms with Gasteiger partial charge in [0.2, 0.25) is 5.91 Å². The van der Waals surface area contributed by atoms with Gasteiger partial charge in [0.15, 0.2) is 0 Å². The lowest BCUT2D eigenvalue weighted by atomic mass is 9.93. The molecule has 2 N–H and O–H groups in total. The van der Waals surface area contributed by atoms with E-state index in [1.54, 1.807) is 0 Å². The summed E-state index contributed by atoms with van der Waals surface area (Å²) >= 11 is 0. The van der Waals surface area contributed by atoms with Crippen LogP contribution in [0.4, 0.5) is 5.82 Å². The van der Waals surface area contributed by atoms with E-state index in [0.29, 0.717) is 6.54 Å². The largest absolute Gasteiger partial charge is 0.378 e. The molecule has 23 heavy (non-hydrogen) atoms. The van der Waals surface area contributed by atoms with Crippen molar-refractivity contribution in [2.75, 3.05) is 37.7 Å². The van der Waals surface area contributed by atoms with E-state index in [1.807, 2.05) is 18.3 Å². The molecule has 126 valence electrons. The van der Waals surface area contributed by atoms with Gasteiger partial charge in [-0.1, -0.05) is 13.0 Å². The second kappa shape index (κ2) is 7.27. The summed E-state index contributed by atoms with van der Waals surface area (Å²) in [7, 11) is 0. The molecule has 1 aromatic heterocycles. The molecule has 6 nitrogen and oxygen atoms in total. The number of rotatable bonds is 5. The summed E-state index contributed by atoms with van der Waals surface area (Å²) < 4.78 is 5.36.